The lowest BCUT2D eigenvalue weighted by Gasteiger charge is -1.96. The molecule has 1 aromatic heterocycles. The van der Waals surface area contributed by atoms with E-state index in [9.17, 15) is 9.90 Å². The number of H-pyrrole nitrogens is 1. The normalized spacial score (nSPS) is 11.3. The van der Waals surface area contributed by atoms with Crippen molar-refractivity contribution in [3.05, 3.63) is 53.1 Å². The Morgan fingerprint density at radius 3 is 2.73 bits per heavy atom. The van der Waals surface area contributed by atoms with E-state index in [1.165, 1.54) is 12.1 Å². The maximum Gasteiger partial charge on any atom is 0.335 e. The van der Waals surface area contributed by atoms with E-state index in [-0.39, 0.29) is 17.1 Å². The Kier molecular flexibility index (Phi) is 3.52. The minimum atomic E-state index is -1.04. The first-order chi connectivity index (χ1) is 10.5. The fraction of sp³-hybridized carbons (Fsp3) is 0. The van der Waals surface area contributed by atoms with E-state index >= 15 is 0 Å². The van der Waals surface area contributed by atoms with E-state index in [0.717, 1.165) is 0 Å². The third-order valence-corrected chi connectivity index (χ3v) is 3.31. The van der Waals surface area contributed by atoms with Crippen molar-refractivity contribution in [2.75, 3.05) is 0 Å². The molecule has 0 spiro atoms. The topological polar surface area (TPSA) is 98.0 Å². The van der Waals surface area contributed by atoms with E-state index in [4.69, 9.17) is 16.7 Å². The molecule has 110 valence electrons. The minimum Gasteiger partial charge on any atom is -0.493 e. The smallest absolute Gasteiger partial charge is 0.335 e. The molecule has 0 radical (unpaired) electrons. The van der Waals surface area contributed by atoms with Crippen LogP contribution in [0.25, 0.3) is 10.9 Å². The van der Waals surface area contributed by atoms with Crippen LogP contribution in [0.15, 0.2) is 52.7 Å². The quantitative estimate of drug-likeness (QED) is 0.614. The van der Waals surface area contributed by atoms with Gasteiger partial charge in [-0.05, 0) is 36.4 Å². The number of aromatic carboxylic acids is 1. The number of carboxylic acids is 1. The van der Waals surface area contributed by atoms with E-state index < -0.39 is 5.97 Å². The predicted molar refractivity (Wildman–Crippen MR) is 82.6 cm³/mol. The van der Waals surface area contributed by atoms with E-state index in [2.05, 4.69) is 15.2 Å². The maximum absolute atomic E-state index is 10.9. The molecule has 1 heterocycles. The van der Waals surface area contributed by atoms with E-state index in [1.54, 1.807) is 30.3 Å². The van der Waals surface area contributed by atoms with Crippen LogP contribution < -0.4 is 0 Å². The SMILES string of the molecule is O=C(O)c1cccc(N=Nc2c(O)[nH]c3ccc(Cl)cc23)c1. The van der Waals surface area contributed by atoms with Crippen LogP contribution in [0, 0.1) is 0 Å². The summed E-state index contributed by atoms with van der Waals surface area (Å²) in [6.07, 6.45) is 0. The van der Waals surface area contributed by atoms with Crippen LogP contribution in [0.5, 0.6) is 5.88 Å². The number of rotatable bonds is 3. The zero-order chi connectivity index (χ0) is 15.7. The Bertz CT molecular complexity index is 902. The zero-order valence-electron chi connectivity index (χ0n) is 11.1. The Balaban J connectivity index is 2.02. The van der Waals surface area contributed by atoms with Gasteiger partial charge in [-0.25, -0.2) is 4.79 Å². The summed E-state index contributed by atoms with van der Waals surface area (Å²) < 4.78 is 0. The highest BCUT2D eigenvalue weighted by Gasteiger charge is 2.11. The van der Waals surface area contributed by atoms with Crippen molar-refractivity contribution in [2.24, 2.45) is 10.2 Å². The molecule has 0 unspecified atom stereocenters. The molecule has 0 atom stereocenters. The van der Waals surface area contributed by atoms with E-state index in [1.807, 2.05) is 0 Å². The number of hydrogen-bond acceptors (Lipinski definition) is 4. The number of nitrogens with one attached hydrogen (secondary N) is 1. The summed E-state index contributed by atoms with van der Waals surface area (Å²) in [6, 6.07) is 11.1. The summed E-state index contributed by atoms with van der Waals surface area (Å²) in [5.41, 5.74) is 1.41. The fourth-order valence-corrected chi connectivity index (χ4v) is 2.22. The van der Waals surface area contributed by atoms with Gasteiger partial charge < -0.3 is 15.2 Å². The lowest BCUT2D eigenvalue weighted by Crippen LogP contribution is -1.94. The van der Waals surface area contributed by atoms with Crippen molar-refractivity contribution >= 4 is 39.8 Å². The molecule has 0 amide bonds. The van der Waals surface area contributed by atoms with Crippen LogP contribution >= 0.6 is 11.6 Å². The molecular weight excluding hydrogens is 306 g/mol. The summed E-state index contributed by atoms with van der Waals surface area (Å²) in [5, 5.41) is 28.0. The van der Waals surface area contributed by atoms with Gasteiger partial charge in [-0.1, -0.05) is 17.7 Å². The molecule has 2 aromatic carbocycles. The van der Waals surface area contributed by atoms with Crippen LogP contribution in [0.4, 0.5) is 11.4 Å². The lowest BCUT2D eigenvalue weighted by molar-refractivity contribution is 0.0697. The molecule has 0 fully saturated rings. The number of hydrogen-bond donors (Lipinski definition) is 3. The summed E-state index contributed by atoms with van der Waals surface area (Å²) in [5.74, 6) is -1.17. The minimum absolute atomic E-state index is 0.114. The number of benzene rings is 2. The van der Waals surface area contributed by atoms with Gasteiger partial charge in [-0.3, -0.25) is 0 Å². The van der Waals surface area contributed by atoms with Crippen molar-refractivity contribution in [3.8, 4) is 5.88 Å². The number of aromatic hydroxyl groups is 1. The highest BCUT2D eigenvalue weighted by atomic mass is 35.5. The van der Waals surface area contributed by atoms with Gasteiger partial charge >= 0.3 is 5.97 Å². The molecule has 3 aromatic rings. The second-order valence-corrected chi connectivity index (χ2v) is 5.00. The number of aromatic nitrogens is 1. The number of carbonyl (C=O) groups is 1. The Morgan fingerprint density at radius 2 is 1.95 bits per heavy atom. The van der Waals surface area contributed by atoms with Gasteiger partial charge in [-0.15, -0.1) is 5.11 Å². The largest absolute Gasteiger partial charge is 0.493 e. The number of fused-ring (bicyclic) bond motifs is 1. The molecule has 22 heavy (non-hydrogen) atoms. The molecule has 0 saturated heterocycles. The van der Waals surface area contributed by atoms with E-state index in [0.29, 0.717) is 21.6 Å². The monoisotopic (exact) mass is 315 g/mol. The van der Waals surface area contributed by atoms with Crippen LogP contribution in [0.2, 0.25) is 5.02 Å². The first kappa shape index (κ1) is 14.1. The van der Waals surface area contributed by atoms with Crippen LogP contribution in [-0.2, 0) is 0 Å². The van der Waals surface area contributed by atoms with Crippen molar-refractivity contribution in [1.29, 1.82) is 0 Å². The second kappa shape index (κ2) is 5.50. The first-order valence-corrected chi connectivity index (χ1v) is 6.67. The Labute approximate surface area is 129 Å². The average Bonchev–Trinajstić information content (AvgIpc) is 2.80. The lowest BCUT2D eigenvalue weighted by atomic mass is 10.2. The number of nitrogens with zero attached hydrogens (tertiary/aromatic N) is 2. The third kappa shape index (κ3) is 2.64. The molecule has 6 nitrogen and oxygen atoms in total. The Hall–Kier alpha value is -2.86. The highest BCUT2D eigenvalue weighted by Crippen LogP contribution is 2.37. The molecule has 3 rings (SSSR count). The molecule has 0 aliphatic heterocycles. The average molecular weight is 316 g/mol. The van der Waals surface area contributed by atoms with Gasteiger partial charge in [0.1, 0.15) is 0 Å². The Morgan fingerprint density at radius 1 is 1.14 bits per heavy atom. The third-order valence-electron chi connectivity index (χ3n) is 3.07. The van der Waals surface area contributed by atoms with Gasteiger partial charge in [0.15, 0.2) is 5.69 Å². The van der Waals surface area contributed by atoms with Gasteiger partial charge in [0.25, 0.3) is 0 Å². The predicted octanol–water partition coefficient (Wildman–Crippen LogP) is 4.64. The van der Waals surface area contributed by atoms with Gasteiger partial charge in [0.2, 0.25) is 5.88 Å². The van der Waals surface area contributed by atoms with Gasteiger partial charge in [0.05, 0.1) is 16.8 Å². The highest BCUT2D eigenvalue weighted by molar-refractivity contribution is 6.31. The fourth-order valence-electron chi connectivity index (χ4n) is 2.05. The summed E-state index contributed by atoms with van der Waals surface area (Å²) in [6.45, 7) is 0. The molecule has 0 bridgehead atoms. The summed E-state index contributed by atoms with van der Waals surface area (Å²) in [4.78, 5) is 13.7. The van der Waals surface area contributed by atoms with Gasteiger partial charge in [-0.2, -0.15) is 5.11 Å². The molecule has 0 aliphatic carbocycles. The molecule has 0 aliphatic rings. The molecule has 3 N–H and O–H groups in total. The van der Waals surface area contributed by atoms with Crippen molar-refractivity contribution in [2.45, 2.75) is 0 Å². The number of halogens is 1. The molecule has 0 saturated carbocycles. The van der Waals surface area contributed by atoms with Crippen molar-refractivity contribution in [1.82, 2.24) is 4.98 Å². The van der Waals surface area contributed by atoms with Crippen LogP contribution in [0.1, 0.15) is 10.4 Å². The van der Waals surface area contributed by atoms with Crippen molar-refractivity contribution < 1.29 is 15.0 Å². The number of aromatic amines is 1. The number of carboxylic acid groups (broad SMARTS) is 1. The van der Waals surface area contributed by atoms with Crippen LogP contribution in [-0.4, -0.2) is 21.2 Å². The first-order valence-electron chi connectivity index (χ1n) is 6.30. The molecular formula is C15H10ClN3O3. The second-order valence-electron chi connectivity index (χ2n) is 4.57. The summed E-state index contributed by atoms with van der Waals surface area (Å²) in [7, 11) is 0. The van der Waals surface area contributed by atoms with Crippen LogP contribution in [0.3, 0.4) is 0 Å². The standard InChI is InChI=1S/C15H10ClN3O3/c16-9-4-5-12-11(7-9)13(14(20)17-12)19-18-10-3-1-2-8(6-10)15(21)22/h1-7,17,20H,(H,21,22). The van der Waals surface area contributed by atoms with Gasteiger partial charge in [0, 0.05) is 10.4 Å². The van der Waals surface area contributed by atoms with Crippen molar-refractivity contribution in [3.63, 3.8) is 0 Å². The zero-order valence-corrected chi connectivity index (χ0v) is 11.9. The number of azo groups is 1. The molecule has 7 heteroatoms. The maximum atomic E-state index is 10.9. The summed E-state index contributed by atoms with van der Waals surface area (Å²) >= 11 is 5.94.